The van der Waals surface area contributed by atoms with Gasteiger partial charge in [-0.05, 0) is 12.8 Å². The van der Waals surface area contributed by atoms with Crippen LogP contribution in [0, 0.1) is 12.3 Å². The molecule has 1 atom stereocenters. The molecule has 0 aromatic carbocycles. The number of terminal acetylenes is 1. The predicted octanol–water partition coefficient (Wildman–Crippen LogP) is 2.10. The molecule has 0 aliphatic rings. The van der Waals surface area contributed by atoms with Gasteiger partial charge in [0, 0.05) is 12.8 Å². The van der Waals surface area contributed by atoms with Crippen LogP contribution in [-0.4, -0.2) is 17.4 Å². The van der Waals surface area contributed by atoms with Crippen LogP contribution in [0.4, 0.5) is 13.2 Å². The Morgan fingerprint density at radius 2 is 1.92 bits per heavy atom. The lowest BCUT2D eigenvalue weighted by Crippen LogP contribution is -2.14. The van der Waals surface area contributed by atoms with Gasteiger partial charge in [-0.3, -0.25) is 0 Å². The molecule has 0 aliphatic carbocycles. The maximum atomic E-state index is 11.6. The van der Waals surface area contributed by atoms with Crippen LogP contribution in [0.1, 0.15) is 25.7 Å². The molecular weight excluding hydrogens is 169 g/mol. The van der Waals surface area contributed by atoms with Crippen molar-refractivity contribution in [1.82, 2.24) is 0 Å². The molecule has 0 aromatic rings. The first-order chi connectivity index (χ1) is 5.45. The number of aliphatic hydroxyl groups is 1. The summed E-state index contributed by atoms with van der Waals surface area (Å²) in [6, 6.07) is 0. The van der Waals surface area contributed by atoms with Crippen molar-refractivity contribution in [2.24, 2.45) is 0 Å². The zero-order valence-electron chi connectivity index (χ0n) is 6.56. The highest BCUT2D eigenvalue weighted by Crippen LogP contribution is 2.22. The standard InChI is InChI=1S/C8H11F3O/c1-2-3-4-7(12)5-6-8(9,10)11/h1,7,12H,3-6H2. The number of rotatable bonds is 4. The summed E-state index contributed by atoms with van der Waals surface area (Å²) < 4.78 is 34.8. The highest BCUT2D eigenvalue weighted by molar-refractivity contribution is 4.84. The lowest BCUT2D eigenvalue weighted by Gasteiger charge is -2.10. The number of alkyl halides is 3. The van der Waals surface area contributed by atoms with Gasteiger partial charge in [0.1, 0.15) is 0 Å². The molecule has 0 saturated heterocycles. The quantitative estimate of drug-likeness (QED) is 0.657. The summed E-state index contributed by atoms with van der Waals surface area (Å²) in [5.41, 5.74) is 0. The largest absolute Gasteiger partial charge is 0.393 e. The second-order valence-electron chi connectivity index (χ2n) is 2.55. The van der Waals surface area contributed by atoms with Crippen molar-refractivity contribution >= 4 is 0 Å². The summed E-state index contributed by atoms with van der Waals surface area (Å²) in [7, 11) is 0. The van der Waals surface area contributed by atoms with Gasteiger partial charge in [-0.1, -0.05) is 0 Å². The van der Waals surface area contributed by atoms with E-state index in [2.05, 4.69) is 5.92 Å². The van der Waals surface area contributed by atoms with Crippen LogP contribution in [0.25, 0.3) is 0 Å². The summed E-state index contributed by atoms with van der Waals surface area (Å²) in [5, 5.41) is 8.95. The lowest BCUT2D eigenvalue weighted by molar-refractivity contribution is -0.140. The van der Waals surface area contributed by atoms with Crippen LogP contribution in [0.3, 0.4) is 0 Å². The van der Waals surface area contributed by atoms with E-state index in [0.717, 1.165) is 0 Å². The molecule has 0 bridgehead atoms. The SMILES string of the molecule is C#CCCC(O)CCC(F)(F)F. The van der Waals surface area contributed by atoms with Crippen LogP contribution in [0.15, 0.2) is 0 Å². The molecule has 12 heavy (non-hydrogen) atoms. The van der Waals surface area contributed by atoms with Gasteiger partial charge in [0.05, 0.1) is 6.10 Å². The van der Waals surface area contributed by atoms with Gasteiger partial charge in [-0.2, -0.15) is 13.2 Å². The summed E-state index contributed by atoms with van der Waals surface area (Å²) in [5.74, 6) is 2.25. The Labute approximate surface area is 69.6 Å². The zero-order valence-corrected chi connectivity index (χ0v) is 6.56. The lowest BCUT2D eigenvalue weighted by atomic mass is 10.1. The van der Waals surface area contributed by atoms with Crippen molar-refractivity contribution in [3.63, 3.8) is 0 Å². The van der Waals surface area contributed by atoms with E-state index in [1.54, 1.807) is 0 Å². The maximum Gasteiger partial charge on any atom is 0.389 e. The zero-order chi connectivity index (χ0) is 9.61. The van der Waals surface area contributed by atoms with E-state index in [0.29, 0.717) is 6.42 Å². The minimum Gasteiger partial charge on any atom is -0.393 e. The number of hydrogen-bond donors (Lipinski definition) is 1. The third-order valence-electron chi connectivity index (χ3n) is 1.38. The van der Waals surface area contributed by atoms with Crippen molar-refractivity contribution in [1.29, 1.82) is 0 Å². The van der Waals surface area contributed by atoms with Crippen LogP contribution in [0.2, 0.25) is 0 Å². The molecule has 0 heterocycles. The van der Waals surface area contributed by atoms with Gasteiger partial charge in [0.2, 0.25) is 0 Å². The van der Waals surface area contributed by atoms with Crippen molar-refractivity contribution in [2.75, 3.05) is 0 Å². The average Bonchev–Trinajstić information content (AvgIpc) is 1.95. The van der Waals surface area contributed by atoms with Gasteiger partial charge >= 0.3 is 6.18 Å². The van der Waals surface area contributed by atoms with E-state index >= 15 is 0 Å². The topological polar surface area (TPSA) is 20.2 Å². The number of aliphatic hydroxyl groups excluding tert-OH is 1. The highest BCUT2D eigenvalue weighted by Gasteiger charge is 2.27. The maximum absolute atomic E-state index is 11.6. The molecular formula is C8H11F3O. The summed E-state index contributed by atoms with van der Waals surface area (Å²) >= 11 is 0. The first-order valence-corrected chi connectivity index (χ1v) is 3.64. The smallest absolute Gasteiger partial charge is 0.389 e. The van der Waals surface area contributed by atoms with Gasteiger partial charge in [-0.15, -0.1) is 12.3 Å². The fraction of sp³-hybridized carbons (Fsp3) is 0.750. The molecule has 0 aliphatic heterocycles. The Balaban J connectivity index is 3.45. The van der Waals surface area contributed by atoms with Crippen LogP contribution >= 0.6 is 0 Å². The Morgan fingerprint density at radius 1 is 1.33 bits per heavy atom. The molecule has 0 rings (SSSR count). The van der Waals surface area contributed by atoms with Crippen molar-refractivity contribution < 1.29 is 18.3 Å². The van der Waals surface area contributed by atoms with E-state index in [1.165, 1.54) is 0 Å². The third kappa shape index (κ3) is 7.42. The molecule has 0 amide bonds. The van der Waals surface area contributed by atoms with E-state index in [4.69, 9.17) is 11.5 Å². The average molecular weight is 180 g/mol. The van der Waals surface area contributed by atoms with Gasteiger partial charge in [0.25, 0.3) is 0 Å². The van der Waals surface area contributed by atoms with E-state index in [1.807, 2.05) is 0 Å². The van der Waals surface area contributed by atoms with Crippen LogP contribution < -0.4 is 0 Å². The molecule has 1 nitrogen and oxygen atoms in total. The second-order valence-corrected chi connectivity index (χ2v) is 2.55. The normalized spacial score (nSPS) is 13.9. The Hall–Kier alpha value is -0.690. The fourth-order valence-corrected chi connectivity index (χ4v) is 0.725. The Bertz CT molecular complexity index is 157. The monoisotopic (exact) mass is 180 g/mol. The molecule has 70 valence electrons. The summed E-state index contributed by atoms with van der Waals surface area (Å²) in [6.07, 6.45) is -0.879. The summed E-state index contributed by atoms with van der Waals surface area (Å²) in [6.45, 7) is 0. The molecule has 0 fully saturated rings. The predicted molar refractivity (Wildman–Crippen MR) is 39.4 cm³/mol. The molecule has 0 radical (unpaired) electrons. The van der Waals surface area contributed by atoms with E-state index in [-0.39, 0.29) is 12.8 Å². The third-order valence-corrected chi connectivity index (χ3v) is 1.38. The number of hydrogen-bond acceptors (Lipinski definition) is 1. The Morgan fingerprint density at radius 3 is 2.33 bits per heavy atom. The van der Waals surface area contributed by atoms with Gasteiger partial charge < -0.3 is 5.11 Å². The van der Waals surface area contributed by atoms with E-state index < -0.39 is 18.7 Å². The molecule has 1 N–H and O–H groups in total. The minimum absolute atomic E-state index is 0.243. The molecule has 1 unspecified atom stereocenters. The van der Waals surface area contributed by atoms with Gasteiger partial charge in [0.15, 0.2) is 0 Å². The second kappa shape index (κ2) is 5.04. The summed E-state index contributed by atoms with van der Waals surface area (Å²) in [4.78, 5) is 0. The van der Waals surface area contributed by atoms with Gasteiger partial charge in [-0.25, -0.2) is 0 Å². The highest BCUT2D eigenvalue weighted by atomic mass is 19.4. The minimum atomic E-state index is -4.18. The molecule has 4 heteroatoms. The van der Waals surface area contributed by atoms with Crippen molar-refractivity contribution in [2.45, 2.75) is 38.0 Å². The molecule has 0 spiro atoms. The number of halogens is 3. The van der Waals surface area contributed by atoms with Crippen molar-refractivity contribution in [3.05, 3.63) is 0 Å². The molecule has 0 aromatic heterocycles. The fourth-order valence-electron chi connectivity index (χ4n) is 0.725. The first kappa shape index (κ1) is 11.3. The van der Waals surface area contributed by atoms with E-state index in [9.17, 15) is 13.2 Å². The van der Waals surface area contributed by atoms with Crippen LogP contribution in [-0.2, 0) is 0 Å². The van der Waals surface area contributed by atoms with Crippen LogP contribution in [0.5, 0.6) is 0 Å². The Kier molecular flexibility index (Phi) is 4.75. The van der Waals surface area contributed by atoms with Crippen molar-refractivity contribution in [3.8, 4) is 12.3 Å². The molecule has 0 saturated carbocycles. The first-order valence-electron chi connectivity index (χ1n) is 3.64.